The third-order valence-electron chi connectivity index (χ3n) is 3.64. The lowest BCUT2D eigenvalue weighted by molar-refractivity contribution is 0.189. The fourth-order valence-electron chi connectivity index (χ4n) is 2.86. The first-order valence-corrected chi connectivity index (χ1v) is 7.80. The molecule has 1 saturated carbocycles. The minimum absolute atomic E-state index is 0.163. The van der Waals surface area contributed by atoms with Crippen molar-refractivity contribution in [2.24, 2.45) is 0 Å². The van der Waals surface area contributed by atoms with Gasteiger partial charge in [0.1, 0.15) is 0 Å². The van der Waals surface area contributed by atoms with Crippen molar-refractivity contribution < 1.29 is 4.79 Å². The summed E-state index contributed by atoms with van der Waals surface area (Å²) < 4.78 is 0. The van der Waals surface area contributed by atoms with Crippen LogP contribution in [0.25, 0.3) is 0 Å². The van der Waals surface area contributed by atoms with E-state index in [-0.39, 0.29) is 6.03 Å². The summed E-state index contributed by atoms with van der Waals surface area (Å²) >= 11 is 1.99. The zero-order valence-electron chi connectivity index (χ0n) is 10.9. The van der Waals surface area contributed by atoms with E-state index in [0.29, 0.717) is 16.5 Å². The second-order valence-electron chi connectivity index (χ2n) is 5.45. The summed E-state index contributed by atoms with van der Waals surface area (Å²) in [6, 6.07) is 0.590. The fourth-order valence-corrected chi connectivity index (χ4v) is 4.18. The molecule has 0 aromatic heterocycles. The number of hydrogen-bond donors (Lipinski definition) is 1. The largest absolute Gasteiger partial charge is 0.335 e. The minimum Gasteiger partial charge on any atom is -0.335 e. The highest BCUT2D eigenvalue weighted by Gasteiger charge is 2.27. The van der Waals surface area contributed by atoms with Gasteiger partial charge in [-0.3, -0.25) is 0 Å². The quantitative estimate of drug-likeness (QED) is 0.782. The van der Waals surface area contributed by atoms with Crippen LogP contribution >= 0.6 is 11.8 Å². The molecule has 0 aromatic rings. The maximum absolute atomic E-state index is 12.2. The van der Waals surface area contributed by atoms with E-state index in [1.165, 1.54) is 32.1 Å². The van der Waals surface area contributed by atoms with Gasteiger partial charge in [0.05, 0.1) is 0 Å². The molecule has 2 rings (SSSR count). The molecule has 1 aliphatic heterocycles. The molecule has 0 spiro atoms. The van der Waals surface area contributed by atoms with E-state index in [1.807, 2.05) is 16.7 Å². The van der Waals surface area contributed by atoms with Crippen LogP contribution in [0.1, 0.15) is 46.0 Å². The molecule has 98 valence electrons. The molecular formula is C13H24N2OS. The Morgan fingerprint density at radius 1 is 1.12 bits per heavy atom. The Morgan fingerprint density at radius 2 is 1.71 bits per heavy atom. The summed E-state index contributed by atoms with van der Waals surface area (Å²) in [6.45, 7) is 6.21. The molecule has 0 radical (unpaired) electrons. The van der Waals surface area contributed by atoms with Crippen molar-refractivity contribution in [3.8, 4) is 0 Å². The van der Waals surface area contributed by atoms with Gasteiger partial charge in [0.2, 0.25) is 0 Å². The number of carbonyl (C=O) groups is 1. The molecule has 1 aliphatic carbocycles. The van der Waals surface area contributed by atoms with Gasteiger partial charge in [-0.2, -0.15) is 11.8 Å². The Bertz CT molecular complexity index is 256. The molecule has 0 bridgehead atoms. The second-order valence-corrected chi connectivity index (χ2v) is 7.33. The average Bonchev–Trinajstić information content (AvgIpc) is 2.29. The number of urea groups is 1. The highest BCUT2D eigenvalue weighted by Crippen LogP contribution is 2.25. The van der Waals surface area contributed by atoms with Crippen LogP contribution in [-0.4, -0.2) is 40.6 Å². The molecule has 1 saturated heterocycles. The minimum atomic E-state index is 0.163. The topological polar surface area (TPSA) is 32.3 Å². The molecule has 3 nitrogen and oxygen atoms in total. The van der Waals surface area contributed by atoms with Gasteiger partial charge in [0.15, 0.2) is 0 Å². The van der Waals surface area contributed by atoms with Crippen molar-refractivity contribution >= 4 is 17.8 Å². The highest BCUT2D eigenvalue weighted by atomic mass is 32.2. The maximum atomic E-state index is 12.2. The van der Waals surface area contributed by atoms with Crippen molar-refractivity contribution in [1.82, 2.24) is 10.2 Å². The highest BCUT2D eigenvalue weighted by molar-refractivity contribution is 8.00. The van der Waals surface area contributed by atoms with Gasteiger partial charge in [-0.25, -0.2) is 4.79 Å². The van der Waals surface area contributed by atoms with Gasteiger partial charge < -0.3 is 10.2 Å². The molecule has 1 N–H and O–H groups in total. The van der Waals surface area contributed by atoms with Gasteiger partial charge in [-0.15, -0.1) is 0 Å². The standard InChI is InChI=1S/C13H24N2OS/c1-10-8-15(9-11(2)17-10)13(16)14-12-6-4-3-5-7-12/h10-12H,3-9H2,1-2H3,(H,14,16). The van der Waals surface area contributed by atoms with E-state index >= 15 is 0 Å². The summed E-state index contributed by atoms with van der Waals surface area (Å²) in [5, 5.41) is 4.34. The number of amides is 2. The van der Waals surface area contributed by atoms with Gasteiger partial charge in [0.25, 0.3) is 0 Å². The smallest absolute Gasteiger partial charge is 0.317 e. The summed E-state index contributed by atoms with van der Waals surface area (Å²) in [5.41, 5.74) is 0. The van der Waals surface area contributed by atoms with Gasteiger partial charge in [-0.1, -0.05) is 33.1 Å². The zero-order valence-corrected chi connectivity index (χ0v) is 11.8. The number of rotatable bonds is 1. The lowest BCUT2D eigenvalue weighted by atomic mass is 9.96. The third kappa shape index (κ3) is 3.80. The van der Waals surface area contributed by atoms with E-state index in [2.05, 4.69) is 19.2 Å². The van der Waals surface area contributed by atoms with Gasteiger partial charge >= 0.3 is 6.03 Å². The monoisotopic (exact) mass is 256 g/mol. The lowest BCUT2D eigenvalue weighted by Gasteiger charge is -2.36. The SMILES string of the molecule is CC1CN(C(=O)NC2CCCCC2)CC(C)S1. The zero-order chi connectivity index (χ0) is 12.3. The molecule has 2 fully saturated rings. The van der Waals surface area contributed by atoms with Crippen molar-refractivity contribution in [1.29, 1.82) is 0 Å². The molecule has 1 heterocycles. The van der Waals surface area contributed by atoms with E-state index in [0.717, 1.165) is 13.1 Å². The fraction of sp³-hybridized carbons (Fsp3) is 0.923. The number of hydrogen-bond acceptors (Lipinski definition) is 2. The molecule has 17 heavy (non-hydrogen) atoms. The van der Waals surface area contributed by atoms with Crippen LogP contribution in [0.3, 0.4) is 0 Å². The van der Waals surface area contributed by atoms with E-state index in [1.54, 1.807) is 0 Å². The summed E-state index contributed by atoms with van der Waals surface area (Å²) in [5.74, 6) is 0. The summed E-state index contributed by atoms with van der Waals surface area (Å²) in [4.78, 5) is 14.2. The summed E-state index contributed by atoms with van der Waals surface area (Å²) in [7, 11) is 0. The molecule has 2 aliphatic rings. The van der Waals surface area contributed by atoms with E-state index in [4.69, 9.17) is 0 Å². The van der Waals surface area contributed by atoms with E-state index < -0.39 is 0 Å². The first-order valence-electron chi connectivity index (χ1n) is 6.86. The Morgan fingerprint density at radius 3 is 2.29 bits per heavy atom. The van der Waals surface area contributed by atoms with Gasteiger partial charge in [-0.05, 0) is 12.8 Å². The predicted molar refractivity (Wildman–Crippen MR) is 73.5 cm³/mol. The molecule has 0 aromatic carbocycles. The van der Waals surface area contributed by atoms with Crippen molar-refractivity contribution in [2.75, 3.05) is 13.1 Å². The molecular weight excluding hydrogens is 232 g/mol. The molecule has 2 atom stereocenters. The van der Waals surface area contributed by atoms with Crippen LogP contribution in [0.2, 0.25) is 0 Å². The van der Waals surface area contributed by atoms with Crippen molar-refractivity contribution in [2.45, 2.75) is 62.5 Å². The Hall–Kier alpha value is -0.380. The normalized spacial score (nSPS) is 31.3. The van der Waals surface area contributed by atoms with Crippen molar-refractivity contribution in [3.05, 3.63) is 0 Å². The second kappa shape index (κ2) is 5.98. The summed E-state index contributed by atoms with van der Waals surface area (Å²) in [6.07, 6.45) is 6.21. The van der Waals surface area contributed by atoms with Gasteiger partial charge in [0, 0.05) is 29.6 Å². The predicted octanol–water partition coefficient (Wildman–Crippen LogP) is 2.85. The van der Waals surface area contributed by atoms with Crippen LogP contribution in [0.4, 0.5) is 4.79 Å². The Kier molecular flexibility index (Phi) is 4.60. The Labute approximate surface area is 109 Å². The first-order chi connectivity index (χ1) is 8.15. The number of carbonyl (C=O) groups excluding carboxylic acids is 1. The van der Waals surface area contributed by atoms with Crippen LogP contribution in [0.15, 0.2) is 0 Å². The first kappa shape index (κ1) is 13.1. The lowest BCUT2D eigenvalue weighted by Crippen LogP contribution is -2.51. The third-order valence-corrected chi connectivity index (χ3v) is 4.87. The number of nitrogens with zero attached hydrogens (tertiary/aromatic N) is 1. The van der Waals surface area contributed by atoms with Crippen LogP contribution in [-0.2, 0) is 0 Å². The number of nitrogens with one attached hydrogen (secondary N) is 1. The van der Waals surface area contributed by atoms with Crippen molar-refractivity contribution in [3.63, 3.8) is 0 Å². The van der Waals surface area contributed by atoms with Crippen LogP contribution in [0, 0.1) is 0 Å². The van der Waals surface area contributed by atoms with Crippen LogP contribution < -0.4 is 5.32 Å². The van der Waals surface area contributed by atoms with E-state index in [9.17, 15) is 4.79 Å². The molecule has 2 amide bonds. The number of thioether (sulfide) groups is 1. The molecule has 2 unspecified atom stereocenters. The molecule has 4 heteroatoms. The average molecular weight is 256 g/mol. The maximum Gasteiger partial charge on any atom is 0.317 e. The van der Waals surface area contributed by atoms with Crippen LogP contribution in [0.5, 0.6) is 0 Å². The Balaban J connectivity index is 1.81.